The maximum Gasteiger partial charge on any atom is 0.230 e. The van der Waals surface area contributed by atoms with Crippen molar-refractivity contribution in [2.45, 2.75) is 4.90 Å². The van der Waals surface area contributed by atoms with Gasteiger partial charge < -0.3 is 19.5 Å². The molecule has 7 heteroatoms. The second-order valence-corrected chi connectivity index (χ2v) is 6.73. The van der Waals surface area contributed by atoms with Crippen LogP contribution < -0.4 is 19.5 Å². The summed E-state index contributed by atoms with van der Waals surface area (Å²) in [4.78, 5) is 12.9. The fourth-order valence-electron chi connectivity index (χ4n) is 2.20. The minimum Gasteiger partial charge on any atom is -0.492 e. The molecule has 2 aromatic rings. The highest BCUT2D eigenvalue weighted by molar-refractivity contribution is 8.00. The van der Waals surface area contributed by atoms with Gasteiger partial charge in [-0.05, 0) is 42.5 Å². The molecule has 1 heterocycles. The van der Waals surface area contributed by atoms with E-state index in [2.05, 4.69) is 5.32 Å². The summed E-state index contributed by atoms with van der Waals surface area (Å²) in [5.41, 5.74) is 0. The van der Waals surface area contributed by atoms with Gasteiger partial charge in [0.25, 0.3) is 0 Å². The number of hydrogen-bond donors (Lipinski definition) is 1. The van der Waals surface area contributed by atoms with E-state index in [1.165, 1.54) is 11.8 Å². The molecule has 0 spiro atoms. The summed E-state index contributed by atoms with van der Waals surface area (Å²) in [5, 5.41) is 3.49. The van der Waals surface area contributed by atoms with E-state index in [9.17, 15) is 4.79 Å². The number of carbonyl (C=O) groups is 1. The molecule has 3 rings (SSSR count). The lowest BCUT2D eigenvalue weighted by Crippen LogP contribution is -2.29. The first-order valence-electron chi connectivity index (χ1n) is 7.88. The number of benzene rings is 2. The third-order valence-corrected chi connectivity index (χ3v) is 4.64. The van der Waals surface area contributed by atoms with Gasteiger partial charge in [0.2, 0.25) is 5.91 Å². The van der Waals surface area contributed by atoms with Gasteiger partial charge in [-0.3, -0.25) is 4.79 Å². The molecule has 0 saturated carbocycles. The lowest BCUT2D eigenvalue weighted by atomic mass is 10.3. The highest BCUT2D eigenvalue weighted by Crippen LogP contribution is 2.34. The quantitative estimate of drug-likeness (QED) is 0.590. The second-order valence-electron chi connectivity index (χ2n) is 5.25. The van der Waals surface area contributed by atoms with Gasteiger partial charge in [-0.15, -0.1) is 11.8 Å². The number of hydrogen-bond acceptors (Lipinski definition) is 5. The average molecular weight is 380 g/mol. The number of carbonyl (C=O) groups excluding carboxylic acids is 1. The van der Waals surface area contributed by atoms with Crippen LogP contribution in [-0.4, -0.2) is 38.0 Å². The Morgan fingerprint density at radius 1 is 1.12 bits per heavy atom. The Balaban J connectivity index is 1.36. The van der Waals surface area contributed by atoms with E-state index < -0.39 is 0 Å². The Kier molecular flexibility index (Phi) is 6.30. The van der Waals surface area contributed by atoms with E-state index in [0.29, 0.717) is 37.1 Å². The molecule has 1 N–H and O–H groups in total. The molecule has 5 nitrogen and oxygen atoms in total. The number of rotatable bonds is 7. The lowest BCUT2D eigenvalue weighted by molar-refractivity contribution is -0.118. The van der Waals surface area contributed by atoms with E-state index in [4.69, 9.17) is 25.8 Å². The maximum atomic E-state index is 11.9. The molecule has 0 saturated heterocycles. The fraction of sp³-hybridized carbons (Fsp3) is 0.278. The Hall–Kier alpha value is -2.05. The zero-order valence-electron chi connectivity index (χ0n) is 13.5. The molecule has 1 aliphatic rings. The van der Waals surface area contributed by atoms with E-state index in [-0.39, 0.29) is 5.91 Å². The molecular weight excluding hydrogens is 362 g/mol. The Bertz CT molecular complexity index is 724. The van der Waals surface area contributed by atoms with Crippen LogP contribution in [0, 0.1) is 0 Å². The second kappa shape index (κ2) is 8.87. The predicted molar refractivity (Wildman–Crippen MR) is 98.1 cm³/mol. The first-order chi connectivity index (χ1) is 12.2. The van der Waals surface area contributed by atoms with Crippen molar-refractivity contribution in [3.8, 4) is 17.2 Å². The number of halogens is 1. The van der Waals surface area contributed by atoms with Crippen LogP contribution in [0.1, 0.15) is 0 Å². The molecule has 0 aromatic heterocycles. The molecule has 0 fully saturated rings. The SMILES string of the molecule is O=C(CSc1ccc2c(c1)OCCO2)NCCOc1ccc(Cl)cc1. The monoisotopic (exact) mass is 379 g/mol. The third kappa shape index (κ3) is 5.47. The summed E-state index contributed by atoms with van der Waals surface area (Å²) < 4.78 is 16.5. The molecule has 0 aliphatic carbocycles. The summed E-state index contributed by atoms with van der Waals surface area (Å²) in [6.45, 7) is 1.97. The van der Waals surface area contributed by atoms with Gasteiger partial charge in [-0.2, -0.15) is 0 Å². The van der Waals surface area contributed by atoms with Crippen LogP contribution in [0.5, 0.6) is 17.2 Å². The van der Waals surface area contributed by atoms with Gasteiger partial charge in [0.1, 0.15) is 25.6 Å². The molecule has 0 radical (unpaired) electrons. The molecule has 25 heavy (non-hydrogen) atoms. The molecule has 2 aromatic carbocycles. The Morgan fingerprint density at radius 2 is 1.88 bits per heavy atom. The molecule has 1 amide bonds. The van der Waals surface area contributed by atoms with Crippen molar-refractivity contribution in [3.63, 3.8) is 0 Å². The minimum absolute atomic E-state index is 0.0420. The van der Waals surface area contributed by atoms with Crippen LogP contribution in [0.3, 0.4) is 0 Å². The van der Waals surface area contributed by atoms with Gasteiger partial charge >= 0.3 is 0 Å². The van der Waals surface area contributed by atoms with Crippen molar-refractivity contribution >= 4 is 29.3 Å². The van der Waals surface area contributed by atoms with E-state index in [1.54, 1.807) is 24.3 Å². The van der Waals surface area contributed by atoms with E-state index in [1.807, 2.05) is 18.2 Å². The Labute approximate surface area is 155 Å². The van der Waals surface area contributed by atoms with E-state index in [0.717, 1.165) is 22.1 Å². The summed E-state index contributed by atoms with van der Waals surface area (Å²) in [6, 6.07) is 12.8. The number of fused-ring (bicyclic) bond motifs is 1. The first kappa shape index (κ1) is 17.8. The topological polar surface area (TPSA) is 56.8 Å². The molecule has 0 unspecified atom stereocenters. The maximum absolute atomic E-state index is 11.9. The summed E-state index contributed by atoms with van der Waals surface area (Å²) in [7, 11) is 0. The largest absolute Gasteiger partial charge is 0.492 e. The van der Waals surface area contributed by atoms with Crippen LogP contribution in [0.25, 0.3) is 0 Å². The Morgan fingerprint density at radius 3 is 2.68 bits per heavy atom. The average Bonchev–Trinajstić information content (AvgIpc) is 2.65. The van der Waals surface area contributed by atoms with Gasteiger partial charge in [-0.1, -0.05) is 11.6 Å². The molecule has 1 aliphatic heterocycles. The summed E-state index contributed by atoms with van der Waals surface area (Å²) >= 11 is 7.26. The van der Waals surface area contributed by atoms with Crippen molar-refractivity contribution in [1.29, 1.82) is 0 Å². The number of nitrogens with one attached hydrogen (secondary N) is 1. The van der Waals surface area contributed by atoms with Gasteiger partial charge in [-0.25, -0.2) is 0 Å². The van der Waals surface area contributed by atoms with E-state index >= 15 is 0 Å². The molecular formula is C18H18ClNO4S. The fourth-order valence-corrected chi connectivity index (χ4v) is 3.08. The highest BCUT2D eigenvalue weighted by atomic mass is 35.5. The van der Waals surface area contributed by atoms with Crippen molar-refractivity contribution in [2.24, 2.45) is 0 Å². The number of thioether (sulfide) groups is 1. The zero-order chi connectivity index (χ0) is 17.5. The van der Waals surface area contributed by atoms with Crippen molar-refractivity contribution < 1.29 is 19.0 Å². The first-order valence-corrected chi connectivity index (χ1v) is 9.24. The van der Waals surface area contributed by atoms with Crippen molar-refractivity contribution in [2.75, 3.05) is 32.1 Å². The van der Waals surface area contributed by atoms with Crippen LogP contribution in [-0.2, 0) is 4.79 Å². The van der Waals surface area contributed by atoms with Crippen LogP contribution in [0.2, 0.25) is 5.02 Å². The van der Waals surface area contributed by atoms with Crippen LogP contribution in [0.15, 0.2) is 47.4 Å². The number of ether oxygens (including phenoxy) is 3. The normalized spacial score (nSPS) is 12.5. The standard InChI is InChI=1S/C18H18ClNO4S/c19-13-1-3-14(4-2-13)22-8-7-20-18(21)12-25-15-5-6-16-17(11-15)24-10-9-23-16/h1-6,11H,7-10,12H2,(H,20,21). The zero-order valence-corrected chi connectivity index (χ0v) is 15.1. The predicted octanol–water partition coefficient (Wildman–Crippen LogP) is 3.40. The summed E-state index contributed by atoms with van der Waals surface area (Å²) in [5.74, 6) is 2.50. The lowest BCUT2D eigenvalue weighted by Gasteiger charge is -2.18. The van der Waals surface area contributed by atoms with Crippen molar-refractivity contribution in [1.82, 2.24) is 5.32 Å². The van der Waals surface area contributed by atoms with Crippen LogP contribution in [0.4, 0.5) is 0 Å². The van der Waals surface area contributed by atoms with Crippen LogP contribution >= 0.6 is 23.4 Å². The molecule has 132 valence electrons. The van der Waals surface area contributed by atoms with Gasteiger partial charge in [0, 0.05) is 9.92 Å². The highest BCUT2D eigenvalue weighted by Gasteiger charge is 2.12. The van der Waals surface area contributed by atoms with Crippen molar-refractivity contribution in [3.05, 3.63) is 47.5 Å². The minimum atomic E-state index is -0.0420. The van der Waals surface area contributed by atoms with Gasteiger partial charge in [0.05, 0.1) is 12.3 Å². The van der Waals surface area contributed by atoms with Gasteiger partial charge in [0.15, 0.2) is 11.5 Å². The number of amides is 1. The smallest absolute Gasteiger partial charge is 0.230 e. The molecule has 0 atom stereocenters. The third-order valence-electron chi connectivity index (χ3n) is 3.39. The molecule has 0 bridgehead atoms. The summed E-state index contributed by atoms with van der Waals surface area (Å²) in [6.07, 6.45) is 0.